The molecule has 4 nitrogen and oxygen atoms in total. The van der Waals surface area contributed by atoms with Crippen molar-refractivity contribution in [2.24, 2.45) is 5.92 Å². The molecule has 1 heterocycles. The van der Waals surface area contributed by atoms with Crippen LogP contribution in [0.1, 0.15) is 43.7 Å². The molecule has 1 saturated carbocycles. The third-order valence-electron chi connectivity index (χ3n) is 6.40. The molecule has 1 N–H and O–H groups in total. The summed E-state index contributed by atoms with van der Waals surface area (Å²) in [6.07, 6.45) is 4.18. The van der Waals surface area contributed by atoms with Crippen LogP contribution in [0.25, 0.3) is 0 Å². The van der Waals surface area contributed by atoms with Crippen molar-refractivity contribution in [3.8, 4) is 5.75 Å². The van der Waals surface area contributed by atoms with E-state index in [-0.39, 0.29) is 11.3 Å². The molecule has 1 atom stereocenters. The van der Waals surface area contributed by atoms with E-state index < -0.39 is 0 Å². The van der Waals surface area contributed by atoms with Crippen molar-refractivity contribution in [1.29, 1.82) is 0 Å². The van der Waals surface area contributed by atoms with Crippen LogP contribution >= 0.6 is 11.6 Å². The minimum atomic E-state index is -0.338. The number of nitrogens with zero attached hydrogens (tertiary/aromatic N) is 1. The van der Waals surface area contributed by atoms with Gasteiger partial charge in [-0.1, -0.05) is 41.9 Å². The number of rotatable bonds is 8. The number of nitrogens with one attached hydrogen (secondary N) is 1. The predicted octanol–water partition coefficient (Wildman–Crippen LogP) is 4.80. The maximum atomic E-state index is 13.0. The summed E-state index contributed by atoms with van der Waals surface area (Å²) >= 11 is 6.01. The first kappa shape index (κ1) is 21.2. The van der Waals surface area contributed by atoms with Crippen molar-refractivity contribution >= 4 is 17.5 Å². The molecule has 1 amide bonds. The Morgan fingerprint density at radius 2 is 1.97 bits per heavy atom. The van der Waals surface area contributed by atoms with Gasteiger partial charge in [-0.15, -0.1) is 0 Å². The number of likely N-dealkylation sites (tertiary alicyclic amines) is 1. The molecule has 2 aromatic rings. The van der Waals surface area contributed by atoms with Crippen molar-refractivity contribution in [2.45, 2.75) is 44.6 Å². The van der Waals surface area contributed by atoms with Crippen LogP contribution in [-0.4, -0.2) is 37.0 Å². The Morgan fingerprint density at radius 3 is 2.70 bits per heavy atom. The molecule has 0 bridgehead atoms. The number of piperidine rings is 1. The van der Waals surface area contributed by atoms with Gasteiger partial charge in [0.2, 0.25) is 5.91 Å². The number of hydrogen-bond acceptors (Lipinski definition) is 3. The van der Waals surface area contributed by atoms with E-state index in [1.54, 1.807) is 0 Å². The van der Waals surface area contributed by atoms with Crippen molar-refractivity contribution in [1.82, 2.24) is 10.2 Å². The lowest BCUT2D eigenvalue weighted by molar-refractivity contribution is -0.123. The molecule has 1 unspecified atom stereocenters. The van der Waals surface area contributed by atoms with Crippen LogP contribution in [0.15, 0.2) is 48.5 Å². The highest BCUT2D eigenvalue weighted by Crippen LogP contribution is 2.48. The summed E-state index contributed by atoms with van der Waals surface area (Å²) in [5.74, 6) is 1.64. The van der Waals surface area contributed by atoms with Crippen LogP contribution in [-0.2, 0) is 16.8 Å². The van der Waals surface area contributed by atoms with E-state index in [9.17, 15) is 4.79 Å². The normalized spacial score (nSPS) is 20.5. The Kier molecular flexibility index (Phi) is 6.64. The number of benzene rings is 2. The molecule has 4 rings (SSSR count). The SMILES string of the molecule is CCOc1ccccc1CN1CCCC(CNC(=O)C2(c3ccc(Cl)cc3)CC2)C1. The maximum Gasteiger partial charge on any atom is 0.230 e. The molecular weight excluding hydrogens is 396 g/mol. The largest absolute Gasteiger partial charge is 0.494 e. The maximum absolute atomic E-state index is 13.0. The summed E-state index contributed by atoms with van der Waals surface area (Å²) in [4.78, 5) is 15.5. The average molecular weight is 427 g/mol. The van der Waals surface area contributed by atoms with E-state index >= 15 is 0 Å². The first-order chi connectivity index (χ1) is 14.6. The standard InChI is InChI=1S/C25H31ClN2O2/c1-2-30-23-8-4-3-7-20(23)18-28-15-5-6-19(17-28)16-27-24(29)25(13-14-25)21-9-11-22(26)12-10-21/h3-4,7-12,19H,2,5-6,13-18H2,1H3,(H,27,29). The van der Waals surface area contributed by atoms with E-state index in [4.69, 9.17) is 16.3 Å². The zero-order chi connectivity index (χ0) is 21.0. The Balaban J connectivity index is 1.31. The zero-order valence-corrected chi connectivity index (χ0v) is 18.5. The zero-order valence-electron chi connectivity index (χ0n) is 17.7. The van der Waals surface area contributed by atoms with Crippen molar-refractivity contribution < 1.29 is 9.53 Å². The molecule has 2 fully saturated rings. The van der Waals surface area contributed by atoms with E-state index in [1.807, 2.05) is 43.3 Å². The Bertz CT molecular complexity index is 864. The van der Waals surface area contributed by atoms with E-state index in [2.05, 4.69) is 22.3 Å². The quantitative estimate of drug-likeness (QED) is 0.659. The Morgan fingerprint density at radius 1 is 1.20 bits per heavy atom. The molecule has 0 radical (unpaired) electrons. The van der Waals surface area contributed by atoms with Gasteiger partial charge in [-0.05, 0) is 68.8 Å². The lowest BCUT2D eigenvalue weighted by Crippen LogP contribution is -2.43. The molecule has 0 spiro atoms. The minimum Gasteiger partial charge on any atom is -0.494 e. The fourth-order valence-electron chi connectivity index (χ4n) is 4.58. The Labute approximate surface area is 184 Å². The van der Waals surface area contributed by atoms with Gasteiger partial charge in [0.15, 0.2) is 0 Å². The number of amides is 1. The number of ether oxygens (including phenoxy) is 1. The number of halogens is 1. The minimum absolute atomic E-state index is 0.170. The third kappa shape index (κ3) is 4.81. The van der Waals surface area contributed by atoms with Crippen molar-refractivity contribution in [2.75, 3.05) is 26.2 Å². The van der Waals surface area contributed by atoms with Gasteiger partial charge >= 0.3 is 0 Å². The molecule has 0 aromatic heterocycles. The van der Waals surface area contributed by atoms with Gasteiger partial charge < -0.3 is 10.1 Å². The van der Waals surface area contributed by atoms with Gasteiger partial charge in [-0.25, -0.2) is 0 Å². The second kappa shape index (κ2) is 9.40. The molecule has 1 saturated heterocycles. The van der Waals surface area contributed by atoms with E-state index in [1.165, 1.54) is 12.0 Å². The van der Waals surface area contributed by atoms with Crippen LogP contribution in [0.3, 0.4) is 0 Å². The second-order valence-electron chi connectivity index (χ2n) is 8.58. The number of para-hydroxylation sites is 1. The molecular formula is C25H31ClN2O2. The summed E-state index contributed by atoms with van der Waals surface area (Å²) in [6, 6.07) is 16.0. The smallest absolute Gasteiger partial charge is 0.230 e. The average Bonchev–Trinajstić information content (AvgIpc) is 3.57. The number of carbonyl (C=O) groups is 1. The van der Waals surface area contributed by atoms with Gasteiger partial charge in [0.1, 0.15) is 5.75 Å². The van der Waals surface area contributed by atoms with Crippen LogP contribution in [0, 0.1) is 5.92 Å². The van der Waals surface area contributed by atoms with Gasteiger partial charge in [0.25, 0.3) is 0 Å². The van der Waals surface area contributed by atoms with E-state index in [0.29, 0.717) is 17.5 Å². The summed E-state index contributed by atoms with van der Waals surface area (Å²) < 4.78 is 5.79. The third-order valence-corrected chi connectivity index (χ3v) is 6.65. The highest BCUT2D eigenvalue weighted by atomic mass is 35.5. The van der Waals surface area contributed by atoms with Gasteiger partial charge in [0.05, 0.1) is 12.0 Å². The topological polar surface area (TPSA) is 41.6 Å². The van der Waals surface area contributed by atoms with Gasteiger partial charge in [-0.2, -0.15) is 0 Å². The predicted molar refractivity (Wildman–Crippen MR) is 121 cm³/mol. The second-order valence-corrected chi connectivity index (χ2v) is 9.02. The van der Waals surface area contributed by atoms with Crippen molar-refractivity contribution in [3.05, 3.63) is 64.7 Å². The molecule has 1 aliphatic heterocycles. The molecule has 160 valence electrons. The first-order valence-electron chi connectivity index (χ1n) is 11.1. The van der Waals surface area contributed by atoms with E-state index in [0.717, 1.165) is 56.8 Å². The summed E-state index contributed by atoms with van der Waals surface area (Å²) in [6.45, 7) is 6.45. The summed E-state index contributed by atoms with van der Waals surface area (Å²) in [5.41, 5.74) is 1.99. The lowest BCUT2D eigenvalue weighted by Gasteiger charge is -2.33. The van der Waals surface area contributed by atoms with Gasteiger partial charge in [0, 0.05) is 30.2 Å². The lowest BCUT2D eigenvalue weighted by atomic mass is 9.93. The monoisotopic (exact) mass is 426 g/mol. The molecule has 5 heteroatoms. The highest BCUT2D eigenvalue weighted by molar-refractivity contribution is 6.30. The fraction of sp³-hybridized carbons (Fsp3) is 0.480. The highest BCUT2D eigenvalue weighted by Gasteiger charge is 2.51. The number of hydrogen-bond donors (Lipinski definition) is 1. The van der Waals surface area contributed by atoms with Crippen LogP contribution in [0.4, 0.5) is 0 Å². The first-order valence-corrected chi connectivity index (χ1v) is 11.5. The molecule has 2 aromatic carbocycles. The fourth-order valence-corrected chi connectivity index (χ4v) is 4.71. The van der Waals surface area contributed by atoms with Gasteiger partial charge in [-0.3, -0.25) is 9.69 Å². The van der Waals surface area contributed by atoms with Crippen LogP contribution in [0.5, 0.6) is 5.75 Å². The van der Waals surface area contributed by atoms with Crippen molar-refractivity contribution in [3.63, 3.8) is 0 Å². The Hall–Kier alpha value is -2.04. The molecule has 30 heavy (non-hydrogen) atoms. The van der Waals surface area contributed by atoms with Crippen LogP contribution < -0.4 is 10.1 Å². The molecule has 2 aliphatic rings. The van der Waals surface area contributed by atoms with Crippen LogP contribution in [0.2, 0.25) is 5.02 Å². The summed E-state index contributed by atoms with van der Waals surface area (Å²) in [7, 11) is 0. The summed E-state index contributed by atoms with van der Waals surface area (Å²) in [5, 5.41) is 3.97. The molecule has 1 aliphatic carbocycles. The number of carbonyl (C=O) groups excluding carboxylic acids is 1.